The fourth-order valence-electron chi connectivity index (χ4n) is 2.70. The molecular weight excluding hydrogens is 280 g/mol. The second-order valence-electron chi connectivity index (χ2n) is 5.86. The van der Waals surface area contributed by atoms with E-state index in [1.165, 1.54) is 24.4 Å². The first-order valence-electron chi connectivity index (χ1n) is 7.89. The fourth-order valence-corrected chi connectivity index (χ4v) is 3.40. The second kappa shape index (κ2) is 8.39. The summed E-state index contributed by atoms with van der Waals surface area (Å²) in [6.45, 7) is 7.40. The summed E-state index contributed by atoms with van der Waals surface area (Å²) in [4.78, 5) is 10.9. The number of guanidine groups is 1. The Morgan fingerprint density at radius 1 is 1.57 bits per heavy atom. The molecule has 1 aromatic rings. The zero-order chi connectivity index (χ0) is 15.1. The Balaban J connectivity index is 1.84. The van der Waals surface area contributed by atoms with Crippen LogP contribution in [0.3, 0.4) is 0 Å². The molecule has 0 bridgehead atoms. The molecule has 1 aromatic heterocycles. The Hall–Kier alpha value is -1.07. The van der Waals surface area contributed by atoms with E-state index in [-0.39, 0.29) is 0 Å². The topological polar surface area (TPSA) is 30.9 Å². The van der Waals surface area contributed by atoms with E-state index in [9.17, 15) is 0 Å². The lowest BCUT2D eigenvalue weighted by atomic mass is 10.1. The van der Waals surface area contributed by atoms with Crippen LogP contribution in [0.2, 0.25) is 0 Å². The summed E-state index contributed by atoms with van der Waals surface area (Å²) in [5.74, 6) is 1.76. The molecule has 21 heavy (non-hydrogen) atoms. The van der Waals surface area contributed by atoms with Crippen molar-refractivity contribution in [1.29, 1.82) is 0 Å². The first-order chi connectivity index (χ1) is 10.2. The van der Waals surface area contributed by atoms with Crippen molar-refractivity contribution in [2.45, 2.75) is 19.8 Å². The van der Waals surface area contributed by atoms with Gasteiger partial charge in [-0.15, -0.1) is 11.3 Å². The maximum absolute atomic E-state index is 4.84. The van der Waals surface area contributed by atoms with Gasteiger partial charge in [0.2, 0.25) is 0 Å². The molecule has 0 radical (unpaired) electrons. The number of hydrogen-bond acceptors (Lipinski definition) is 3. The van der Waals surface area contributed by atoms with E-state index >= 15 is 0 Å². The van der Waals surface area contributed by atoms with Crippen LogP contribution in [0.5, 0.6) is 0 Å². The van der Waals surface area contributed by atoms with Crippen molar-refractivity contribution < 1.29 is 0 Å². The minimum Gasteiger partial charge on any atom is -0.357 e. The molecule has 0 aromatic carbocycles. The highest BCUT2D eigenvalue weighted by Crippen LogP contribution is 2.14. The summed E-state index contributed by atoms with van der Waals surface area (Å²) in [6.07, 6.45) is 2.36. The molecule has 0 aliphatic carbocycles. The number of thiophene rings is 1. The highest BCUT2D eigenvalue weighted by atomic mass is 32.1. The maximum atomic E-state index is 4.84. The normalized spacial score (nSPS) is 20.0. The summed E-state index contributed by atoms with van der Waals surface area (Å²) in [7, 11) is 4.33. The van der Waals surface area contributed by atoms with Crippen LogP contribution in [0.4, 0.5) is 0 Å². The minimum atomic E-state index is 0.717. The van der Waals surface area contributed by atoms with Gasteiger partial charge in [-0.25, -0.2) is 0 Å². The van der Waals surface area contributed by atoms with Crippen molar-refractivity contribution in [3.63, 3.8) is 0 Å². The third-order valence-corrected chi connectivity index (χ3v) is 4.89. The predicted molar refractivity (Wildman–Crippen MR) is 92.2 cm³/mol. The van der Waals surface area contributed by atoms with Crippen LogP contribution in [0.25, 0.3) is 0 Å². The molecular formula is C16H28N4S. The Morgan fingerprint density at radius 2 is 2.43 bits per heavy atom. The van der Waals surface area contributed by atoms with Gasteiger partial charge in [0.1, 0.15) is 0 Å². The first-order valence-corrected chi connectivity index (χ1v) is 8.77. The van der Waals surface area contributed by atoms with Crippen LogP contribution in [0, 0.1) is 5.92 Å². The van der Waals surface area contributed by atoms with Gasteiger partial charge in [-0.2, -0.15) is 0 Å². The van der Waals surface area contributed by atoms with E-state index in [2.05, 4.69) is 53.6 Å². The largest absolute Gasteiger partial charge is 0.357 e. The molecule has 0 saturated carbocycles. The molecule has 2 rings (SSSR count). The number of nitrogens with one attached hydrogen (secondary N) is 1. The van der Waals surface area contributed by atoms with Crippen molar-refractivity contribution >= 4 is 17.3 Å². The van der Waals surface area contributed by atoms with Crippen LogP contribution in [0.15, 0.2) is 22.5 Å². The monoisotopic (exact) mass is 308 g/mol. The molecule has 1 fully saturated rings. The molecule has 5 heteroatoms. The van der Waals surface area contributed by atoms with E-state index in [1.54, 1.807) is 0 Å². The van der Waals surface area contributed by atoms with Crippen molar-refractivity contribution in [1.82, 2.24) is 15.1 Å². The number of nitrogens with zero attached hydrogens (tertiary/aromatic N) is 3. The molecule has 2 heterocycles. The van der Waals surface area contributed by atoms with E-state index in [4.69, 9.17) is 4.99 Å². The summed E-state index contributed by atoms with van der Waals surface area (Å²) in [5.41, 5.74) is 0. The Bertz CT molecular complexity index is 429. The van der Waals surface area contributed by atoms with Crippen LogP contribution in [-0.4, -0.2) is 62.6 Å². The van der Waals surface area contributed by atoms with E-state index < -0.39 is 0 Å². The standard InChI is InChI=1S/C16H28N4S/c1-4-17-16(18-12-14-7-9-19(2)13-14)20(3)10-8-15-6-5-11-21-15/h5-6,11,14H,4,7-10,12-13H2,1-3H3,(H,17,18). The summed E-state index contributed by atoms with van der Waals surface area (Å²) >= 11 is 1.83. The van der Waals surface area contributed by atoms with Gasteiger partial charge in [0, 0.05) is 38.1 Å². The summed E-state index contributed by atoms with van der Waals surface area (Å²) in [5, 5.41) is 5.56. The Labute approximate surface area is 132 Å². The first kappa shape index (κ1) is 16.3. The van der Waals surface area contributed by atoms with E-state index in [1.807, 2.05) is 11.3 Å². The predicted octanol–water partition coefficient (Wildman–Crippen LogP) is 2.14. The van der Waals surface area contributed by atoms with Crippen LogP contribution in [-0.2, 0) is 6.42 Å². The van der Waals surface area contributed by atoms with Crippen molar-refractivity contribution in [3.8, 4) is 0 Å². The van der Waals surface area contributed by atoms with Crippen LogP contribution < -0.4 is 5.32 Å². The van der Waals surface area contributed by atoms with Gasteiger partial charge >= 0.3 is 0 Å². The summed E-state index contributed by atoms with van der Waals surface area (Å²) < 4.78 is 0. The average molecular weight is 308 g/mol. The SMILES string of the molecule is CCNC(=NCC1CCN(C)C1)N(C)CCc1cccs1. The smallest absolute Gasteiger partial charge is 0.193 e. The molecule has 1 atom stereocenters. The molecule has 1 saturated heterocycles. The third kappa shape index (κ3) is 5.32. The molecule has 1 aliphatic heterocycles. The van der Waals surface area contributed by atoms with Gasteiger partial charge in [0.05, 0.1) is 0 Å². The van der Waals surface area contributed by atoms with Crippen LogP contribution in [0.1, 0.15) is 18.2 Å². The lowest BCUT2D eigenvalue weighted by Gasteiger charge is -2.22. The molecule has 0 amide bonds. The van der Waals surface area contributed by atoms with Gasteiger partial charge in [0.15, 0.2) is 5.96 Å². The van der Waals surface area contributed by atoms with Gasteiger partial charge < -0.3 is 15.1 Å². The number of aliphatic imine (C=N–C) groups is 1. The summed E-state index contributed by atoms with van der Waals surface area (Å²) in [6, 6.07) is 4.33. The van der Waals surface area contributed by atoms with Crippen molar-refractivity contribution in [2.75, 3.05) is 46.8 Å². The molecule has 118 valence electrons. The fraction of sp³-hybridized carbons (Fsp3) is 0.688. The number of rotatable bonds is 6. The Morgan fingerprint density at radius 3 is 3.05 bits per heavy atom. The van der Waals surface area contributed by atoms with E-state index in [0.717, 1.165) is 32.0 Å². The van der Waals surface area contributed by atoms with Crippen molar-refractivity contribution in [3.05, 3.63) is 22.4 Å². The molecule has 4 nitrogen and oxygen atoms in total. The molecule has 1 unspecified atom stereocenters. The number of hydrogen-bond donors (Lipinski definition) is 1. The van der Waals surface area contributed by atoms with Gasteiger partial charge in [0.25, 0.3) is 0 Å². The lowest BCUT2D eigenvalue weighted by molar-refractivity contribution is 0.396. The zero-order valence-corrected chi connectivity index (χ0v) is 14.3. The molecule has 1 N–H and O–H groups in total. The average Bonchev–Trinajstić information content (AvgIpc) is 3.12. The second-order valence-corrected chi connectivity index (χ2v) is 6.89. The van der Waals surface area contributed by atoms with E-state index in [0.29, 0.717) is 5.92 Å². The number of likely N-dealkylation sites (tertiary alicyclic amines) is 1. The van der Waals surface area contributed by atoms with Gasteiger partial charge in [-0.3, -0.25) is 4.99 Å². The minimum absolute atomic E-state index is 0.717. The molecule has 0 spiro atoms. The highest BCUT2D eigenvalue weighted by molar-refractivity contribution is 7.09. The third-order valence-electron chi connectivity index (χ3n) is 3.96. The van der Waals surface area contributed by atoms with Gasteiger partial charge in [-0.1, -0.05) is 6.07 Å². The van der Waals surface area contributed by atoms with Crippen LogP contribution >= 0.6 is 11.3 Å². The van der Waals surface area contributed by atoms with Crippen molar-refractivity contribution in [2.24, 2.45) is 10.9 Å². The van der Waals surface area contributed by atoms with Gasteiger partial charge in [-0.05, 0) is 50.7 Å². The number of likely N-dealkylation sites (N-methyl/N-ethyl adjacent to an activating group) is 1. The Kier molecular flexibility index (Phi) is 6.51. The molecule has 1 aliphatic rings. The quantitative estimate of drug-likeness (QED) is 0.645. The maximum Gasteiger partial charge on any atom is 0.193 e. The zero-order valence-electron chi connectivity index (χ0n) is 13.5. The lowest BCUT2D eigenvalue weighted by Crippen LogP contribution is -2.40. The highest BCUT2D eigenvalue weighted by Gasteiger charge is 2.19.